The minimum atomic E-state index is 0.0665. The van der Waals surface area contributed by atoms with Gasteiger partial charge in [0.05, 0.1) is 6.04 Å². The van der Waals surface area contributed by atoms with Gasteiger partial charge in [-0.05, 0) is 45.7 Å². The van der Waals surface area contributed by atoms with E-state index in [-0.39, 0.29) is 6.04 Å². The van der Waals surface area contributed by atoms with Crippen molar-refractivity contribution in [3.8, 4) is 0 Å². The molecule has 0 aromatic heterocycles. The van der Waals surface area contributed by atoms with E-state index in [4.69, 9.17) is 5.73 Å². The molecule has 92 valence electrons. The van der Waals surface area contributed by atoms with Crippen LogP contribution in [0.2, 0.25) is 0 Å². The molecule has 4 heteroatoms. The zero-order valence-corrected chi connectivity index (χ0v) is 10.2. The van der Waals surface area contributed by atoms with E-state index in [1.165, 1.54) is 12.8 Å². The lowest BCUT2D eigenvalue weighted by molar-refractivity contribution is -0.137. The molecule has 2 fully saturated rings. The topological polar surface area (TPSA) is 49.6 Å². The van der Waals surface area contributed by atoms with Gasteiger partial charge in [0.25, 0.3) is 0 Å². The zero-order chi connectivity index (χ0) is 11.5. The second kappa shape index (κ2) is 5.15. The first-order chi connectivity index (χ1) is 7.68. The maximum atomic E-state index is 12.2. The summed E-state index contributed by atoms with van der Waals surface area (Å²) in [5.41, 5.74) is 5.85. The highest BCUT2D eigenvalue weighted by molar-refractivity contribution is 5.81. The summed E-state index contributed by atoms with van der Waals surface area (Å²) >= 11 is 0. The average Bonchev–Trinajstić information content (AvgIpc) is 2.81. The van der Waals surface area contributed by atoms with Crippen LogP contribution in [0.15, 0.2) is 0 Å². The minimum absolute atomic E-state index is 0.0665. The lowest BCUT2D eigenvalue weighted by Crippen LogP contribution is -2.50. The van der Waals surface area contributed by atoms with Crippen LogP contribution in [0.25, 0.3) is 0 Å². The zero-order valence-electron chi connectivity index (χ0n) is 10.2. The van der Waals surface area contributed by atoms with Gasteiger partial charge < -0.3 is 10.6 Å². The molecular weight excluding hydrogens is 202 g/mol. The highest BCUT2D eigenvalue weighted by Gasteiger charge is 2.29. The number of carbonyl (C=O) groups is 1. The van der Waals surface area contributed by atoms with Gasteiger partial charge in [0.15, 0.2) is 0 Å². The third-order valence-electron chi connectivity index (χ3n) is 3.90. The largest absolute Gasteiger partial charge is 0.341 e. The fraction of sp³-hybridized carbons (Fsp3) is 0.917. The van der Waals surface area contributed by atoms with Crippen molar-refractivity contribution in [2.24, 2.45) is 5.73 Å². The Morgan fingerprint density at radius 2 is 1.75 bits per heavy atom. The van der Waals surface area contributed by atoms with Gasteiger partial charge in [-0.2, -0.15) is 0 Å². The quantitative estimate of drug-likeness (QED) is 0.741. The van der Waals surface area contributed by atoms with Crippen molar-refractivity contribution >= 4 is 5.91 Å². The highest BCUT2D eigenvalue weighted by Crippen LogP contribution is 2.16. The summed E-state index contributed by atoms with van der Waals surface area (Å²) < 4.78 is 0. The van der Waals surface area contributed by atoms with E-state index < -0.39 is 0 Å². The molecule has 2 N–H and O–H groups in total. The van der Waals surface area contributed by atoms with Gasteiger partial charge in [0.2, 0.25) is 5.91 Å². The van der Waals surface area contributed by atoms with E-state index >= 15 is 0 Å². The monoisotopic (exact) mass is 225 g/mol. The van der Waals surface area contributed by atoms with Crippen molar-refractivity contribution in [1.82, 2.24) is 9.80 Å². The Labute approximate surface area is 97.8 Å². The lowest BCUT2D eigenvalue weighted by atomic mass is 10.1. The average molecular weight is 225 g/mol. The SMILES string of the molecule is CC(C(=O)N1CCC(N)CC1)N1CCCC1. The molecular formula is C12H23N3O. The van der Waals surface area contributed by atoms with Crippen LogP contribution in [-0.4, -0.2) is 54.0 Å². The van der Waals surface area contributed by atoms with Gasteiger partial charge in [-0.3, -0.25) is 9.69 Å². The normalized spacial score (nSPS) is 26.0. The predicted octanol–water partition coefficient (Wildman–Crippen LogP) is 0.420. The van der Waals surface area contributed by atoms with Crippen molar-refractivity contribution in [3.63, 3.8) is 0 Å². The van der Waals surface area contributed by atoms with Crippen LogP contribution in [0.5, 0.6) is 0 Å². The molecule has 0 spiro atoms. The van der Waals surface area contributed by atoms with Crippen LogP contribution in [0.1, 0.15) is 32.6 Å². The fourth-order valence-electron chi connectivity index (χ4n) is 2.67. The Hall–Kier alpha value is -0.610. The summed E-state index contributed by atoms with van der Waals surface area (Å²) in [5.74, 6) is 0.300. The number of nitrogens with two attached hydrogens (primary N) is 1. The number of rotatable bonds is 2. The number of likely N-dealkylation sites (tertiary alicyclic amines) is 2. The van der Waals surface area contributed by atoms with Gasteiger partial charge in [0.1, 0.15) is 0 Å². The number of hydrogen-bond acceptors (Lipinski definition) is 3. The summed E-state index contributed by atoms with van der Waals surface area (Å²) in [6, 6.07) is 0.364. The molecule has 1 atom stereocenters. The van der Waals surface area contributed by atoms with Crippen molar-refractivity contribution < 1.29 is 4.79 Å². The molecule has 2 aliphatic heterocycles. The Bertz CT molecular complexity index is 243. The van der Waals surface area contributed by atoms with E-state index in [0.717, 1.165) is 39.0 Å². The lowest BCUT2D eigenvalue weighted by Gasteiger charge is -2.34. The van der Waals surface area contributed by atoms with Gasteiger partial charge in [0, 0.05) is 19.1 Å². The van der Waals surface area contributed by atoms with Crippen LogP contribution in [0.4, 0.5) is 0 Å². The maximum absolute atomic E-state index is 12.2. The van der Waals surface area contributed by atoms with Gasteiger partial charge in [-0.1, -0.05) is 0 Å². The van der Waals surface area contributed by atoms with Crippen LogP contribution in [0.3, 0.4) is 0 Å². The summed E-state index contributed by atoms with van der Waals surface area (Å²) in [5, 5.41) is 0. The third kappa shape index (κ3) is 2.55. The van der Waals surface area contributed by atoms with E-state index in [1.807, 2.05) is 11.8 Å². The van der Waals surface area contributed by atoms with Gasteiger partial charge in [-0.15, -0.1) is 0 Å². The number of nitrogens with zero attached hydrogens (tertiary/aromatic N) is 2. The molecule has 0 bridgehead atoms. The van der Waals surface area contributed by atoms with Crippen LogP contribution >= 0.6 is 0 Å². The fourth-order valence-corrected chi connectivity index (χ4v) is 2.67. The molecule has 2 rings (SSSR count). The summed E-state index contributed by atoms with van der Waals surface area (Å²) in [6.45, 7) is 5.90. The minimum Gasteiger partial charge on any atom is -0.341 e. The molecule has 16 heavy (non-hydrogen) atoms. The van der Waals surface area contributed by atoms with Crippen LogP contribution < -0.4 is 5.73 Å². The standard InChI is InChI=1S/C12H23N3O/c1-10(14-6-2-3-7-14)12(16)15-8-4-11(13)5-9-15/h10-11H,2-9,13H2,1H3. The van der Waals surface area contributed by atoms with Crippen molar-refractivity contribution in [1.29, 1.82) is 0 Å². The first-order valence-corrected chi connectivity index (χ1v) is 6.47. The molecule has 0 aliphatic carbocycles. The smallest absolute Gasteiger partial charge is 0.239 e. The Balaban J connectivity index is 1.86. The van der Waals surface area contributed by atoms with Gasteiger partial charge >= 0.3 is 0 Å². The van der Waals surface area contributed by atoms with E-state index in [9.17, 15) is 4.79 Å². The van der Waals surface area contributed by atoms with E-state index in [0.29, 0.717) is 11.9 Å². The molecule has 2 saturated heterocycles. The van der Waals surface area contributed by atoms with Crippen molar-refractivity contribution in [2.45, 2.75) is 44.7 Å². The number of carbonyl (C=O) groups excluding carboxylic acids is 1. The van der Waals surface area contributed by atoms with Crippen LogP contribution in [0, 0.1) is 0 Å². The number of piperidine rings is 1. The van der Waals surface area contributed by atoms with Crippen molar-refractivity contribution in [2.75, 3.05) is 26.2 Å². The van der Waals surface area contributed by atoms with Gasteiger partial charge in [-0.25, -0.2) is 0 Å². The predicted molar refractivity (Wildman–Crippen MR) is 64.1 cm³/mol. The molecule has 1 unspecified atom stereocenters. The number of amides is 1. The molecule has 0 aromatic rings. The third-order valence-corrected chi connectivity index (χ3v) is 3.90. The summed E-state index contributed by atoms with van der Waals surface area (Å²) in [6.07, 6.45) is 4.39. The maximum Gasteiger partial charge on any atom is 0.239 e. The van der Waals surface area contributed by atoms with E-state index in [2.05, 4.69) is 4.90 Å². The Morgan fingerprint density at radius 1 is 1.19 bits per heavy atom. The summed E-state index contributed by atoms with van der Waals surface area (Å²) in [4.78, 5) is 16.5. The first kappa shape index (κ1) is 11.9. The first-order valence-electron chi connectivity index (χ1n) is 6.47. The molecule has 0 radical (unpaired) electrons. The van der Waals surface area contributed by atoms with E-state index in [1.54, 1.807) is 0 Å². The summed E-state index contributed by atoms with van der Waals surface area (Å²) in [7, 11) is 0. The molecule has 2 heterocycles. The highest BCUT2D eigenvalue weighted by atomic mass is 16.2. The molecule has 2 aliphatic rings. The Morgan fingerprint density at radius 3 is 2.31 bits per heavy atom. The number of hydrogen-bond donors (Lipinski definition) is 1. The molecule has 0 aromatic carbocycles. The second-order valence-electron chi connectivity index (χ2n) is 5.08. The Kier molecular flexibility index (Phi) is 3.82. The molecule has 0 saturated carbocycles. The van der Waals surface area contributed by atoms with Crippen LogP contribution in [-0.2, 0) is 4.79 Å². The second-order valence-corrected chi connectivity index (χ2v) is 5.08. The molecule has 4 nitrogen and oxygen atoms in total. The van der Waals surface area contributed by atoms with Crippen molar-refractivity contribution in [3.05, 3.63) is 0 Å². The molecule has 1 amide bonds.